The van der Waals surface area contributed by atoms with Gasteiger partial charge in [0.1, 0.15) is 0 Å². The Balaban J connectivity index is 0.000000328. The van der Waals surface area contributed by atoms with Gasteiger partial charge >= 0.3 is 6.09 Å². The molecule has 1 saturated heterocycles. The van der Waals surface area contributed by atoms with E-state index in [9.17, 15) is 0 Å². The van der Waals surface area contributed by atoms with Gasteiger partial charge in [-0.25, -0.2) is 9.31 Å². The van der Waals surface area contributed by atoms with Crippen LogP contribution in [0.15, 0.2) is 18.3 Å². The van der Waals surface area contributed by atoms with Gasteiger partial charge in [-0.05, 0) is 31.4 Å². The van der Waals surface area contributed by atoms with E-state index in [0.717, 1.165) is 18.7 Å². The molecule has 3 heterocycles. The van der Waals surface area contributed by atoms with Crippen molar-refractivity contribution < 1.29 is 9.90 Å². The van der Waals surface area contributed by atoms with Crippen LogP contribution in [0.5, 0.6) is 0 Å². The number of nitrogen functional groups attached to an aromatic ring is 1. The minimum absolute atomic E-state index is 0.329. The summed E-state index contributed by atoms with van der Waals surface area (Å²) >= 11 is 0. The number of rotatable bonds is 1. The zero-order valence-corrected chi connectivity index (χ0v) is 11.1. The number of pyridine rings is 1. The number of nitrogens with two attached hydrogens (primary N) is 2. The average molecular weight is 278 g/mol. The molecule has 1 amide bonds. The third kappa shape index (κ3) is 3.50. The number of primary amides is 1. The largest absolute Gasteiger partial charge is 0.465 e. The van der Waals surface area contributed by atoms with Crippen LogP contribution in [0.1, 0.15) is 19.3 Å². The van der Waals surface area contributed by atoms with Gasteiger partial charge < -0.3 is 21.5 Å². The van der Waals surface area contributed by atoms with Crippen molar-refractivity contribution >= 4 is 23.4 Å². The maximum atomic E-state index is 8.78. The smallest absolute Gasteiger partial charge is 0.402 e. The van der Waals surface area contributed by atoms with Crippen molar-refractivity contribution in [1.82, 2.24) is 14.6 Å². The molecule has 0 spiro atoms. The minimum atomic E-state index is -1.33. The maximum Gasteiger partial charge on any atom is 0.402 e. The first-order chi connectivity index (χ1) is 9.56. The van der Waals surface area contributed by atoms with Crippen LogP contribution in [0, 0.1) is 0 Å². The first kappa shape index (κ1) is 13.9. The fraction of sp³-hybridized carbons (Fsp3) is 0.417. The highest BCUT2D eigenvalue weighted by atomic mass is 16.4. The van der Waals surface area contributed by atoms with E-state index >= 15 is 0 Å². The van der Waals surface area contributed by atoms with E-state index in [1.165, 1.54) is 24.9 Å². The molecule has 8 nitrogen and oxygen atoms in total. The van der Waals surface area contributed by atoms with Gasteiger partial charge in [0.2, 0.25) is 5.95 Å². The molecule has 0 unspecified atom stereocenters. The lowest BCUT2D eigenvalue weighted by atomic mass is 10.1. The topological polar surface area (TPSA) is 123 Å². The van der Waals surface area contributed by atoms with E-state index in [2.05, 4.69) is 26.8 Å². The second-order valence-corrected chi connectivity index (χ2v) is 4.55. The Morgan fingerprint density at radius 2 is 1.90 bits per heavy atom. The molecule has 108 valence electrons. The molecule has 1 aliphatic heterocycles. The normalized spacial score (nSPS) is 14.7. The van der Waals surface area contributed by atoms with Crippen molar-refractivity contribution in [3.8, 4) is 0 Å². The minimum Gasteiger partial charge on any atom is -0.465 e. The summed E-state index contributed by atoms with van der Waals surface area (Å²) in [6.07, 6.45) is 4.56. The number of carboxylic acid groups (broad SMARTS) is 1. The SMILES string of the molecule is NC(=O)O.Nc1nc2ccc(N3CCCCC3)cn2n1. The molecule has 0 saturated carbocycles. The van der Waals surface area contributed by atoms with Gasteiger partial charge in [0.15, 0.2) is 5.65 Å². The molecule has 0 bridgehead atoms. The Hall–Kier alpha value is -2.51. The molecule has 20 heavy (non-hydrogen) atoms. The number of fused-ring (bicyclic) bond motifs is 1. The summed E-state index contributed by atoms with van der Waals surface area (Å²) in [6, 6.07) is 4.06. The fourth-order valence-electron chi connectivity index (χ4n) is 2.23. The number of nitrogens with zero attached hydrogens (tertiary/aromatic N) is 4. The predicted molar refractivity (Wildman–Crippen MR) is 75.7 cm³/mol. The molecular formula is C12H18N6O2. The second kappa shape index (κ2) is 6.09. The Kier molecular flexibility index (Phi) is 4.24. The van der Waals surface area contributed by atoms with Gasteiger partial charge in [-0.3, -0.25) is 0 Å². The van der Waals surface area contributed by atoms with Crippen LogP contribution in [0.4, 0.5) is 16.4 Å². The summed E-state index contributed by atoms with van der Waals surface area (Å²) in [7, 11) is 0. The highest BCUT2D eigenvalue weighted by molar-refractivity contribution is 5.61. The van der Waals surface area contributed by atoms with Crippen molar-refractivity contribution in [2.45, 2.75) is 19.3 Å². The number of hydrogen-bond donors (Lipinski definition) is 3. The first-order valence-electron chi connectivity index (χ1n) is 6.41. The van der Waals surface area contributed by atoms with Crippen LogP contribution < -0.4 is 16.4 Å². The molecule has 2 aromatic heterocycles. The third-order valence-electron chi connectivity index (χ3n) is 3.05. The van der Waals surface area contributed by atoms with Gasteiger partial charge in [0.25, 0.3) is 0 Å². The van der Waals surface area contributed by atoms with E-state index < -0.39 is 6.09 Å². The summed E-state index contributed by atoms with van der Waals surface area (Å²) in [5.41, 5.74) is 11.6. The van der Waals surface area contributed by atoms with Gasteiger partial charge in [0.05, 0.1) is 11.9 Å². The summed E-state index contributed by atoms with van der Waals surface area (Å²) < 4.78 is 1.75. The average Bonchev–Trinajstić information content (AvgIpc) is 2.78. The lowest BCUT2D eigenvalue weighted by molar-refractivity contribution is 0.205. The Labute approximate surface area is 116 Å². The van der Waals surface area contributed by atoms with Gasteiger partial charge in [-0.2, -0.15) is 4.98 Å². The first-order valence-corrected chi connectivity index (χ1v) is 6.41. The van der Waals surface area contributed by atoms with Crippen molar-refractivity contribution in [1.29, 1.82) is 0 Å². The highest BCUT2D eigenvalue weighted by Crippen LogP contribution is 2.20. The number of amides is 1. The second-order valence-electron chi connectivity index (χ2n) is 4.55. The van der Waals surface area contributed by atoms with E-state index in [-0.39, 0.29) is 0 Å². The van der Waals surface area contributed by atoms with Gasteiger partial charge in [0, 0.05) is 13.1 Å². The number of aromatic nitrogens is 3. The molecule has 3 rings (SSSR count). The van der Waals surface area contributed by atoms with Crippen LogP contribution in [0.25, 0.3) is 5.65 Å². The van der Waals surface area contributed by atoms with Crippen molar-refractivity contribution in [3.63, 3.8) is 0 Å². The number of carbonyl (C=O) groups is 1. The monoisotopic (exact) mass is 278 g/mol. The summed E-state index contributed by atoms with van der Waals surface area (Å²) in [5, 5.41) is 11.3. The Morgan fingerprint density at radius 1 is 1.25 bits per heavy atom. The molecule has 0 aromatic carbocycles. The van der Waals surface area contributed by atoms with Gasteiger partial charge in [-0.15, -0.1) is 5.10 Å². The number of anilines is 2. The predicted octanol–water partition coefficient (Wildman–Crippen LogP) is 0.925. The van der Waals surface area contributed by atoms with E-state index in [1.807, 2.05) is 12.3 Å². The molecule has 1 aliphatic rings. The highest BCUT2D eigenvalue weighted by Gasteiger charge is 2.11. The Morgan fingerprint density at radius 3 is 2.55 bits per heavy atom. The van der Waals surface area contributed by atoms with Crippen LogP contribution in [-0.2, 0) is 0 Å². The maximum absolute atomic E-state index is 8.78. The zero-order chi connectivity index (χ0) is 14.5. The number of piperidine rings is 1. The zero-order valence-electron chi connectivity index (χ0n) is 11.1. The lowest BCUT2D eigenvalue weighted by Crippen LogP contribution is -2.29. The van der Waals surface area contributed by atoms with Crippen molar-refractivity contribution in [2.75, 3.05) is 23.7 Å². The molecular weight excluding hydrogens is 260 g/mol. The number of hydrogen-bond acceptors (Lipinski definition) is 5. The standard InChI is InChI=1S/C11H15N5.CH3NO2/c12-11-13-10-5-4-9(8-16(10)14-11)15-6-2-1-3-7-15;2-1(3)4/h4-5,8H,1-3,6-7H2,(H2,12,14);2H2,(H,3,4). The molecule has 5 N–H and O–H groups in total. The van der Waals surface area contributed by atoms with Crippen LogP contribution in [0.3, 0.4) is 0 Å². The molecule has 1 fully saturated rings. The summed E-state index contributed by atoms with van der Waals surface area (Å²) in [5.74, 6) is 0.329. The van der Waals surface area contributed by atoms with Crippen LogP contribution >= 0.6 is 0 Å². The van der Waals surface area contributed by atoms with Crippen LogP contribution in [-0.4, -0.2) is 38.9 Å². The molecule has 8 heteroatoms. The molecule has 0 aliphatic carbocycles. The summed E-state index contributed by atoms with van der Waals surface area (Å²) in [6.45, 7) is 2.27. The quantitative estimate of drug-likeness (QED) is 0.713. The third-order valence-corrected chi connectivity index (χ3v) is 3.05. The van der Waals surface area contributed by atoms with E-state index in [1.54, 1.807) is 4.52 Å². The molecule has 0 radical (unpaired) electrons. The van der Waals surface area contributed by atoms with Crippen molar-refractivity contribution in [2.24, 2.45) is 5.73 Å². The van der Waals surface area contributed by atoms with E-state index in [0.29, 0.717) is 5.95 Å². The van der Waals surface area contributed by atoms with Gasteiger partial charge in [-0.1, -0.05) is 0 Å². The van der Waals surface area contributed by atoms with E-state index in [4.69, 9.17) is 15.6 Å². The lowest BCUT2D eigenvalue weighted by Gasteiger charge is -2.28. The fourth-order valence-corrected chi connectivity index (χ4v) is 2.23. The Bertz CT molecular complexity index is 587. The van der Waals surface area contributed by atoms with Crippen molar-refractivity contribution in [3.05, 3.63) is 18.3 Å². The summed E-state index contributed by atoms with van der Waals surface area (Å²) in [4.78, 5) is 15.3. The molecule has 0 atom stereocenters. The van der Waals surface area contributed by atoms with Crippen LogP contribution in [0.2, 0.25) is 0 Å². The molecule has 2 aromatic rings.